The summed E-state index contributed by atoms with van der Waals surface area (Å²) in [6.07, 6.45) is 0. The highest BCUT2D eigenvalue weighted by atomic mass is 15.1. The van der Waals surface area contributed by atoms with Crippen molar-refractivity contribution in [1.82, 2.24) is 0 Å². The number of hydrogen-bond acceptors (Lipinski definition) is 1. The first-order chi connectivity index (χ1) is 39.4. The van der Waals surface area contributed by atoms with Gasteiger partial charge in [-0.05, 0) is 245 Å². The van der Waals surface area contributed by atoms with Crippen LogP contribution in [0.1, 0.15) is 108 Å². The predicted molar refractivity (Wildman–Crippen MR) is 351 cm³/mol. The Balaban J connectivity index is 0.940. The van der Waals surface area contributed by atoms with Crippen LogP contribution < -0.4 is 4.90 Å². The fourth-order valence-electron chi connectivity index (χ4n) is 15.3. The van der Waals surface area contributed by atoms with Crippen LogP contribution in [0.2, 0.25) is 0 Å². The van der Waals surface area contributed by atoms with E-state index in [1.807, 2.05) is 0 Å². The fourth-order valence-corrected chi connectivity index (χ4v) is 15.3. The molecule has 3 aliphatic rings. The quantitative estimate of drug-likeness (QED) is 0.160. The van der Waals surface area contributed by atoms with Gasteiger partial charge in [-0.25, -0.2) is 0 Å². The Labute approximate surface area is 484 Å². The average Bonchev–Trinajstić information content (AvgIpc) is 2.21. The lowest BCUT2D eigenvalue weighted by Gasteiger charge is -2.31. The van der Waals surface area contributed by atoms with Crippen LogP contribution in [0.25, 0.3) is 99.1 Å². The second kappa shape index (κ2) is 17.6. The molecule has 0 amide bonds. The molecule has 0 fully saturated rings. The summed E-state index contributed by atoms with van der Waals surface area (Å²) in [6.45, 7) is 28.1. The first kappa shape index (κ1) is 50.2. The fraction of sp³-hybridized carbons (Fsp3) is 0.185. The SMILES string of the molecule is Cc1ccc(C)c(-c2cc3c(c4ccccc24)-c2ccc(N(c4ccc5c(c4)C(C)(C)c4cc(-c6cc(C)ccc6C)c6ccccc6c4-5)c4ccc5c(c4)C(C)(C)c4cc(-c6cc(C)ccc6C)c6ccccc6c4-5)cc2C3(C)C)c1. The zero-order valence-corrected chi connectivity index (χ0v) is 49.5. The molecular weight excluding hydrogens is 987 g/mol. The van der Waals surface area contributed by atoms with E-state index in [0.717, 1.165) is 17.1 Å². The second-order valence-corrected chi connectivity index (χ2v) is 26.0. The van der Waals surface area contributed by atoms with Gasteiger partial charge in [-0.2, -0.15) is 0 Å². The van der Waals surface area contributed by atoms with Crippen molar-refractivity contribution < 1.29 is 0 Å². The molecule has 0 radical (unpaired) electrons. The highest BCUT2D eigenvalue weighted by Crippen LogP contribution is 2.59. The van der Waals surface area contributed by atoms with E-state index < -0.39 is 0 Å². The third kappa shape index (κ3) is 7.11. The van der Waals surface area contributed by atoms with E-state index in [-0.39, 0.29) is 16.2 Å². The van der Waals surface area contributed by atoms with Crippen molar-refractivity contribution in [3.63, 3.8) is 0 Å². The molecule has 0 aromatic heterocycles. The van der Waals surface area contributed by atoms with Gasteiger partial charge >= 0.3 is 0 Å². The molecule has 12 aromatic rings. The van der Waals surface area contributed by atoms with Crippen molar-refractivity contribution in [3.8, 4) is 66.8 Å². The van der Waals surface area contributed by atoms with Gasteiger partial charge in [0.05, 0.1) is 0 Å². The molecule has 398 valence electrons. The van der Waals surface area contributed by atoms with Crippen LogP contribution in [0.4, 0.5) is 17.1 Å². The summed E-state index contributed by atoms with van der Waals surface area (Å²) in [5, 5.41) is 7.85. The Hall–Kier alpha value is -8.78. The molecule has 0 spiro atoms. The number of hydrogen-bond donors (Lipinski definition) is 0. The molecule has 0 saturated heterocycles. The van der Waals surface area contributed by atoms with Gasteiger partial charge in [0.2, 0.25) is 0 Å². The van der Waals surface area contributed by atoms with E-state index in [4.69, 9.17) is 0 Å². The van der Waals surface area contributed by atoms with E-state index in [1.54, 1.807) is 0 Å². The molecule has 3 aliphatic carbocycles. The third-order valence-electron chi connectivity index (χ3n) is 19.8. The van der Waals surface area contributed by atoms with Gasteiger partial charge in [0.25, 0.3) is 0 Å². The molecule has 0 unspecified atom stereocenters. The molecule has 0 bridgehead atoms. The maximum atomic E-state index is 2.58. The van der Waals surface area contributed by atoms with Crippen LogP contribution in [0, 0.1) is 41.5 Å². The third-order valence-corrected chi connectivity index (χ3v) is 19.8. The molecule has 12 aromatic carbocycles. The Bertz CT molecular complexity index is 4300. The molecule has 0 atom stereocenters. The summed E-state index contributed by atoms with van der Waals surface area (Å²) < 4.78 is 0. The van der Waals surface area contributed by atoms with Crippen LogP contribution >= 0.6 is 0 Å². The molecular formula is C81H69N. The normalized spacial score (nSPS) is 14.6. The molecule has 0 aliphatic heterocycles. The van der Waals surface area contributed by atoms with E-state index in [9.17, 15) is 0 Å². The molecule has 15 rings (SSSR count). The Kier molecular flexibility index (Phi) is 10.8. The van der Waals surface area contributed by atoms with Gasteiger partial charge in [-0.1, -0.05) is 204 Å². The number of aryl methyl sites for hydroxylation is 6. The largest absolute Gasteiger partial charge is 0.310 e. The van der Waals surface area contributed by atoms with Gasteiger partial charge in [-0.15, -0.1) is 0 Å². The number of anilines is 3. The number of fused-ring (bicyclic) bond motifs is 15. The first-order valence-electron chi connectivity index (χ1n) is 29.6. The lowest BCUT2D eigenvalue weighted by atomic mass is 9.79. The smallest absolute Gasteiger partial charge is 0.0465 e. The molecule has 82 heavy (non-hydrogen) atoms. The van der Waals surface area contributed by atoms with Gasteiger partial charge in [-0.3, -0.25) is 0 Å². The summed E-state index contributed by atoms with van der Waals surface area (Å²) >= 11 is 0. The van der Waals surface area contributed by atoms with Gasteiger partial charge < -0.3 is 4.90 Å². The Morgan fingerprint density at radius 3 is 0.780 bits per heavy atom. The minimum atomic E-state index is -0.283. The van der Waals surface area contributed by atoms with Crippen LogP contribution in [0.15, 0.2) is 200 Å². The lowest BCUT2D eigenvalue weighted by molar-refractivity contribution is 0.660. The van der Waals surface area contributed by atoms with Gasteiger partial charge in [0, 0.05) is 33.3 Å². The van der Waals surface area contributed by atoms with Crippen molar-refractivity contribution >= 4 is 49.4 Å². The van der Waals surface area contributed by atoms with E-state index in [0.29, 0.717) is 0 Å². The first-order valence-corrected chi connectivity index (χ1v) is 29.6. The maximum Gasteiger partial charge on any atom is 0.0465 e. The number of rotatable bonds is 6. The Morgan fingerprint density at radius 1 is 0.232 bits per heavy atom. The zero-order valence-electron chi connectivity index (χ0n) is 49.5. The standard InChI is InChI=1S/C81H69N/c1-46-25-28-49(4)64(37-46)67-43-73-76(58-22-16-13-19-55(58)67)61-34-31-52(40-70(61)79(73,7)8)82(53-32-35-62-71(41-53)80(9,10)74-44-68(65-38-47(2)26-29-50(65)5)56-20-14-17-23-59(56)77(62)74)54-33-36-63-72(42-54)81(11,12)75-45-69(66-39-48(3)27-30-51(66)6)57-21-15-18-24-60(57)78(63)75/h13-45H,1-12H3. The van der Waals surface area contributed by atoms with E-state index in [1.165, 1.54) is 166 Å². The molecule has 0 heterocycles. The van der Waals surface area contributed by atoms with Crippen LogP contribution in [-0.2, 0) is 16.2 Å². The summed E-state index contributed by atoms with van der Waals surface area (Å²) in [5.41, 5.74) is 34.5. The predicted octanol–water partition coefficient (Wildman–Crippen LogP) is 22.4. The highest BCUT2D eigenvalue weighted by Gasteiger charge is 2.42. The van der Waals surface area contributed by atoms with E-state index in [2.05, 4.69) is 288 Å². The van der Waals surface area contributed by atoms with Crippen LogP contribution in [0.5, 0.6) is 0 Å². The summed E-state index contributed by atoms with van der Waals surface area (Å²) in [5.74, 6) is 0. The minimum absolute atomic E-state index is 0.283. The second-order valence-electron chi connectivity index (χ2n) is 26.0. The van der Waals surface area contributed by atoms with Crippen molar-refractivity contribution in [2.45, 2.75) is 99.3 Å². The monoisotopic (exact) mass is 1060 g/mol. The minimum Gasteiger partial charge on any atom is -0.310 e. The van der Waals surface area contributed by atoms with E-state index >= 15 is 0 Å². The van der Waals surface area contributed by atoms with Gasteiger partial charge in [0.1, 0.15) is 0 Å². The van der Waals surface area contributed by atoms with Crippen LogP contribution in [0.3, 0.4) is 0 Å². The average molecular weight is 1060 g/mol. The molecule has 1 nitrogen and oxygen atoms in total. The number of benzene rings is 12. The summed E-state index contributed by atoms with van der Waals surface area (Å²) in [4.78, 5) is 2.58. The van der Waals surface area contributed by atoms with Crippen molar-refractivity contribution in [2.75, 3.05) is 4.90 Å². The van der Waals surface area contributed by atoms with Gasteiger partial charge in [0.15, 0.2) is 0 Å². The zero-order chi connectivity index (χ0) is 56.5. The highest BCUT2D eigenvalue weighted by molar-refractivity contribution is 6.13. The van der Waals surface area contributed by atoms with Crippen molar-refractivity contribution in [1.29, 1.82) is 0 Å². The Morgan fingerprint density at radius 2 is 0.500 bits per heavy atom. The van der Waals surface area contributed by atoms with Crippen molar-refractivity contribution in [2.24, 2.45) is 0 Å². The van der Waals surface area contributed by atoms with Crippen molar-refractivity contribution in [3.05, 3.63) is 267 Å². The topological polar surface area (TPSA) is 3.24 Å². The summed E-state index contributed by atoms with van der Waals surface area (Å²) in [6, 6.07) is 77.7. The molecule has 0 saturated carbocycles. The summed E-state index contributed by atoms with van der Waals surface area (Å²) in [7, 11) is 0. The molecule has 1 heteroatoms. The number of nitrogens with zero attached hydrogens (tertiary/aromatic N) is 1. The lowest BCUT2D eigenvalue weighted by Crippen LogP contribution is -2.19. The van der Waals surface area contributed by atoms with Crippen LogP contribution in [-0.4, -0.2) is 0 Å². The molecule has 0 N–H and O–H groups in total. The maximum absolute atomic E-state index is 2.58.